The van der Waals surface area contributed by atoms with Crippen molar-refractivity contribution >= 4 is 0 Å². The molecule has 0 atom stereocenters. The van der Waals surface area contributed by atoms with E-state index in [9.17, 15) is 0 Å². The molecule has 0 aromatic heterocycles. The lowest BCUT2D eigenvalue weighted by Crippen LogP contribution is -1.98. The summed E-state index contributed by atoms with van der Waals surface area (Å²) in [6.45, 7) is 11.0. The highest BCUT2D eigenvalue weighted by Gasteiger charge is 2.06. The Hall–Kier alpha value is -1.56. The third-order valence-electron chi connectivity index (χ3n) is 3.80. The minimum atomic E-state index is 1.04. The summed E-state index contributed by atoms with van der Waals surface area (Å²) in [6, 6.07) is 11.3. The molecule has 18 heavy (non-hydrogen) atoms. The molecule has 0 saturated heterocycles. The second kappa shape index (κ2) is 4.97. The quantitative estimate of drug-likeness (QED) is 0.703. The Morgan fingerprint density at radius 3 is 2.06 bits per heavy atom. The molecule has 0 radical (unpaired) electrons. The van der Waals surface area contributed by atoms with Gasteiger partial charge in [0.05, 0.1) is 0 Å². The van der Waals surface area contributed by atoms with E-state index in [0.29, 0.717) is 0 Å². The molecule has 2 rings (SSSR count). The van der Waals surface area contributed by atoms with Crippen LogP contribution in [0.2, 0.25) is 0 Å². The van der Waals surface area contributed by atoms with Gasteiger partial charge >= 0.3 is 0 Å². The predicted molar refractivity (Wildman–Crippen MR) is 79.4 cm³/mol. The Bertz CT molecular complexity index is 577. The Kier molecular flexibility index (Phi) is 3.56. The molecule has 0 saturated carbocycles. The van der Waals surface area contributed by atoms with Crippen molar-refractivity contribution in [1.29, 1.82) is 0 Å². The van der Waals surface area contributed by atoms with Crippen molar-refractivity contribution in [2.75, 3.05) is 0 Å². The molecule has 0 aliphatic rings. The van der Waals surface area contributed by atoms with Gasteiger partial charge in [-0.15, -0.1) is 0 Å². The van der Waals surface area contributed by atoms with Gasteiger partial charge in [0.2, 0.25) is 0 Å². The maximum atomic E-state index is 2.32. The zero-order chi connectivity index (χ0) is 13.3. The van der Waals surface area contributed by atoms with Crippen LogP contribution in [0.1, 0.15) is 38.9 Å². The van der Waals surface area contributed by atoms with Crippen LogP contribution in [0.5, 0.6) is 0 Å². The smallest absolute Gasteiger partial charge is 0.00202 e. The van der Waals surface area contributed by atoms with Crippen molar-refractivity contribution < 1.29 is 0 Å². The van der Waals surface area contributed by atoms with Crippen molar-refractivity contribution in [3.8, 4) is 0 Å². The molecule has 0 nitrogen and oxygen atoms in total. The number of hydrogen-bond donors (Lipinski definition) is 0. The van der Waals surface area contributed by atoms with Gasteiger partial charge in [-0.1, -0.05) is 41.5 Å². The summed E-state index contributed by atoms with van der Waals surface area (Å²) < 4.78 is 0. The molecular formula is C18H22. The molecule has 2 aromatic carbocycles. The van der Waals surface area contributed by atoms with Gasteiger partial charge in [0, 0.05) is 0 Å². The van der Waals surface area contributed by atoms with Crippen LogP contribution >= 0.6 is 0 Å². The summed E-state index contributed by atoms with van der Waals surface area (Å²) in [5, 5.41) is 0. The Morgan fingerprint density at radius 2 is 1.33 bits per heavy atom. The summed E-state index contributed by atoms with van der Waals surface area (Å²) in [4.78, 5) is 0. The highest BCUT2D eigenvalue weighted by Crippen LogP contribution is 2.21. The Balaban J connectivity index is 2.43. The van der Waals surface area contributed by atoms with E-state index in [-0.39, 0.29) is 0 Å². The van der Waals surface area contributed by atoms with Crippen LogP contribution in [0.4, 0.5) is 0 Å². The third kappa shape index (κ3) is 2.64. The molecule has 2 aromatic rings. The van der Waals surface area contributed by atoms with Crippen LogP contribution in [0, 0.1) is 34.6 Å². The van der Waals surface area contributed by atoms with E-state index < -0.39 is 0 Å². The summed E-state index contributed by atoms with van der Waals surface area (Å²) in [5.74, 6) is 0. The van der Waals surface area contributed by atoms with Gasteiger partial charge in [-0.2, -0.15) is 0 Å². The van der Waals surface area contributed by atoms with Gasteiger partial charge in [0.15, 0.2) is 0 Å². The van der Waals surface area contributed by atoms with Gasteiger partial charge in [0.1, 0.15) is 0 Å². The van der Waals surface area contributed by atoms with Crippen LogP contribution in [0.3, 0.4) is 0 Å². The fourth-order valence-electron chi connectivity index (χ4n) is 2.51. The number of hydrogen-bond acceptors (Lipinski definition) is 0. The van der Waals surface area contributed by atoms with Crippen LogP contribution in [-0.2, 0) is 6.42 Å². The van der Waals surface area contributed by atoms with Crippen molar-refractivity contribution in [2.45, 2.75) is 41.0 Å². The van der Waals surface area contributed by atoms with Gasteiger partial charge in [0.25, 0.3) is 0 Å². The second-order valence-electron chi connectivity index (χ2n) is 5.47. The SMILES string of the molecule is Cc1ccc(C)c(Cc2cc(C)cc(C)c2C)c1. The van der Waals surface area contributed by atoms with Crippen LogP contribution in [0.25, 0.3) is 0 Å². The average molecular weight is 238 g/mol. The number of rotatable bonds is 2. The first-order valence-corrected chi connectivity index (χ1v) is 6.60. The summed E-state index contributed by atoms with van der Waals surface area (Å²) in [5.41, 5.74) is 9.83. The topological polar surface area (TPSA) is 0 Å². The molecule has 0 spiro atoms. The second-order valence-corrected chi connectivity index (χ2v) is 5.47. The van der Waals surface area contributed by atoms with E-state index in [1.807, 2.05) is 0 Å². The lowest BCUT2D eigenvalue weighted by atomic mass is 9.93. The first-order valence-electron chi connectivity index (χ1n) is 6.60. The lowest BCUT2D eigenvalue weighted by molar-refractivity contribution is 1.10. The highest BCUT2D eigenvalue weighted by molar-refractivity contribution is 5.42. The minimum absolute atomic E-state index is 1.04. The molecular weight excluding hydrogens is 216 g/mol. The van der Waals surface area contributed by atoms with Crippen molar-refractivity contribution in [1.82, 2.24) is 0 Å². The van der Waals surface area contributed by atoms with E-state index >= 15 is 0 Å². The van der Waals surface area contributed by atoms with Gasteiger partial charge in [-0.25, -0.2) is 0 Å². The highest BCUT2D eigenvalue weighted by atomic mass is 14.1. The minimum Gasteiger partial charge on any atom is -0.0590 e. The van der Waals surface area contributed by atoms with E-state index in [1.165, 1.54) is 38.9 Å². The maximum absolute atomic E-state index is 2.32. The summed E-state index contributed by atoms with van der Waals surface area (Å²) in [6.07, 6.45) is 1.04. The predicted octanol–water partition coefficient (Wildman–Crippen LogP) is 4.82. The zero-order valence-electron chi connectivity index (χ0n) is 12.1. The number of aryl methyl sites for hydroxylation is 4. The van der Waals surface area contributed by atoms with E-state index in [1.54, 1.807) is 0 Å². The monoisotopic (exact) mass is 238 g/mol. The molecule has 0 bridgehead atoms. The van der Waals surface area contributed by atoms with Crippen molar-refractivity contribution in [3.63, 3.8) is 0 Å². The zero-order valence-corrected chi connectivity index (χ0v) is 12.1. The molecule has 0 aliphatic carbocycles. The van der Waals surface area contributed by atoms with E-state index in [0.717, 1.165) is 6.42 Å². The molecule has 0 N–H and O–H groups in total. The average Bonchev–Trinajstić information content (AvgIpc) is 2.30. The maximum Gasteiger partial charge on any atom is -0.00202 e. The summed E-state index contributed by atoms with van der Waals surface area (Å²) >= 11 is 0. The molecule has 0 aliphatic heterocycles. The van der Waals surface area contributed by atoms with Crippen LogP contribution in [-0.4, -0.2) is 0 Å². The van der Waals surface area contributed by atoms with Gasteiger partial charge in [-0.05, 0) is 68.9 Å². The molecule has 0 amide bonds. The fourth-order valence-corrected chi connectivity index (χ4v) is 2.51. The van der Waals surface area contributed by atoms with Crippen LogP contribution in [0.15, 0.2) is 30.3 Å². The Labute approximate surface area is 111 Å². The molecule has 0 heteroatoms. The summed E-state index contributed by atoms with van der Waals surface area (Å²) in [7, 11) is 0. The van der Waals surface area contributed by atoms with Crippen molar-refractivity contribution in [3.05, 3.63) is 69.3 Å². The Morgan fingerprint density at radius 1 is 0.667 bits per heavy atom. The lowest BCUT2D eigenvalue weighted by Gasteiger charge is -2.13. The van der Waals surface area contributed by atoms with Gasteiger partial charge in [-0.3, -0.25) is 0 Å². The van der Waals surface area contributed by atoms with Gasteiger partial charge < -0.3 is 0 Å². The third-order valence-corrected chi connectivity index (χ3v) is 3.80. The van der Waals surface area contributed by atoms with Crippen LogP contribution < -0.4 is 0 Å². The first kappa shape index (κ1) is 12.9. The first-order chi connectivity index (χ1) is 8.47. The molecule has 0 fully saturated rings. The molecule has 94 valence electrons. The fraction of sp³-hybridized carbons (Fsp3) is 0.333. The normalized spacial score (nSPS) is 10.7. The van der Waals surface area contributed by atoms with E-state index in [4.69, 9.17) is 0 Å². The standard InChI is InChI=1S/C18H22/c1-12-6-7-14(3)17(9-12)11-18-10-13(2)8-15(4)16(18)5/h6-10H,11H2,1-5H3. The largest absolute Gasteiger partial charge is 0.0590 e. The van der Waals surface area contributed by atoms with Crippen molar-refractivity contribution in [2.24, 2.45) is 0 Å². The van der Waals surface area contributed by atoms with E-state index in [2.05, 4.69) is 65.0 Å². The number of benzene rings is 2. The molecule has 0 unspecified atom stereocenters. The molecule has 0 heterocycles.